The average molecular weight is 358 g/mol. The number of carbonyl (C=O) groups excluding carboxylic acids is 1. The van der Waals surface area contributed by atoms with Gasteiger partial charge in [0.2, 0.25) is 0 Å². The largest absolute Gasteiger partial charge is 0.472 e. The van der Waals surface area contributed by atoms with Gasteiger partial charge in [-0.3, -0.25) is 4.79 Å². The highest BCUT2D eigenvalue weighted by molar-refractivity contribution is 5.93. The summed E-state index contributed by atoms with van der Waals surface area (Å²) in [6, 6.07) is 1.74. The molecule has 4 rings (SSSR count). The number of amides is 1. The van der Waals surface area contributed by atoms with Crippen LogP contribution < -0.4 is 0 Å². The predicted octanol–water partition coefficient (Wildman–Crippen LogP) is 2.32. The maximum atomic E-state index is 12.5. The van der Waals surface area contributed by atoms with Gasteiger partial charge in [-0.15, -0.1) is 10.2 Å². The van der Waals surface area contributed by atoms with Crippen molar-refractivity contribution in [1.29, 1.82) is 0 Å². The van der Waals surface area contributed by atoms with Crippen LogP contribution in [-0.4, -0.2) is 52.4 Å². The maximum Gasteiger partial charge on any atom is 0.257 e. The topological polar surface area (TPSA) is 73.4 Å². The number of likely N-dealkylation sites (tertiary alicyclic amines) is 1. The van der Waals surface area contributed by atoms with Crippen molar-refractivity contribution in [2.24, 2.45) is 5.41 Å². The van der Waals surface area contributed by atoms with Crippen LogP contribution in [-0.2, 0) is 24.1 Å². The maximum absolute atomic E-state index is 12.5. The van der Waals surface area contributed by atoms with E-state index in [0.717, 1.165) is 69.8 Å². The molecule has 2 aromatic heterocycles. The summed E-state index contributed by atoms with van der Waals surface area (Å²) in [5.74, 6) is 2.22. The summed E-state index contributed by atoms with van der Waals surface area (Å²) in [7, 11) is 1.72. The van der Waals surface area contributed by atoms with Crippen LogP contribution in [0.3, 0.4) is 0 Å². The van der Waals surface area contributed by atoms with Crippen LogP contribution in [0.25, 0.3) is 0 Å². The molecule has 2 aromatic rings. The second kappa shape index (κ2) is 7.23. The number of furan rings is 1. The lowest BCUT2D eigenvalue weighted by Gasteiger charge is -2.41. The summed E-state index contributed by atoms with van der Waals surface area (Å²) < 4.78 is 12.5. The Kier molecular flexibility index (Phi) is 4.80. The quantitative estimate of drug-likeness (QED) is 0.839. The monoisotopic (exact) mass is 358 g/mol. The molecule has 1 saturated heterocycles. The summed E-state index contributed by atoms with van der Waals surface area (Å²) in [4.78, 5) is 14.5. The van der Waals surface area contributed by atoms with Crippen molar-refractivity contribution in [3.8, 4) is 0 Å². The first-order valence-corrected chi connectivity index (χ1v) is 9.42. The number of fused-ring (bicyclic) bond motifs is 1. The van der Waals surface area contributed by atoms with Crippen molar-refractivity contribution in [3.63, 3.8) is 0 Å². The van der Waals surface area contributed by atoms with Gasteiger partial charge >= 0.3 is 0 Å². The molecule has 0 aliphatic carbocycles. The van der Waals surface area contributed by atoms with Gasteiger partial charge < -0.3 is 18.6 Å². The molecule has 0 radical (unpaired) electrons. The van der Waals surface area contributed by atoms with E-state index >= 15 is 0 Å². The van der Waals surface area contributed by atoms with Crippen molar-refractivity contribution in [1.82, 2.24) is 19.7 Å². The standard InChI is InChI=1S/C19H26N4O3/c1-25-12-4-17-21-20-16-2-5-19(8-11-23(16)17)6-9-22(10-7-19)18(24)15-3-13-26-14-15/h3,13-14H,2,4-12H2,1H3. The molecule has 1 spiro atoms. The van der Waals surface area contributed by atoms with E-state index in [2.05, 4.69) is 14.8 Å². The van der Waals surface area contributed by atoms with Gasteiger partial charge in [-0.05, 0) is 37.2 Å². The molecule has 0 unspecified atom stereocenters. The fourth-order valence-electron chi connectivity index (χ4n) is 4.30. The highest BCUT2D eigenvalue weighted by Gasteiger charge is 2.38. The Morgan fingerprint density at radius 1 is 1.23 bits per heavy atom. The normalized spacial score (nSPS) is 19.3. The third kappa shape index (κ3) is 3.28. The first kappa shape index (κ1) is 17.3. The van der Waals surface area contributed by atoms with E-state index in [-0.39, 0.29) is 5.91 Å². The third-order valence-electron chi connectivity index (χ3n) is 6.06. The van der Waals surface area contributed by atoms with Crippen LogP contribution >= 0.6 is 0 Å². The average Bonchev–Trinajstić information content (AvgIpc) is 3.30. The zero-order valence-corrected chi connectivity index (χ0v) is 15.3. The molecule has 7 nitrogen and oxygen atoms in total. The Morgan fingerprint density at radius 3 is 2.77 bits per heavy atom. The van der Waals surface area contributed by atoms with Crippen LogP contribution in [0.15, 0.2) is 23.0 Å². The number of methoxy groups -OCH3 is 1. The Bertz CT molecular complexity index is 745. The molecule has 2 aliphatic heterocycles. The fraction of sp³-hybridized carbons (Fsp3) is 0.632. The molecule has 140 valence electrons. The number of ether oxygens (including phenoxy) is 1. The minimum absolute atomic E-state index is 0.0844. The lowest BCUT2D eigenvalue weighted by molar-refractivity contribution is 0.0534. The summed E-state index contributed by atoms with van der Waals surface area (Å²) in [6.07, 6.45) is 9.24. The van der Waals surface area contributed by atoms with Gasteiger partial charge in [0.05, 0.1) is 18.4 Å². The van der Waals surface area contributed by atoms with Crippen LogP contribution in [0.5, 0.6) is 0 Å². The smallest absolute Gasteiger partial charge is 0.257 e. The van der Waals surface area contributed by atoms with Gasteiger partial charge in [-0.25, -0.2) is 0 Å². The minimum Gasteiger partial charge on any atom is -0.472 e. The Labute approximate surface area is 153 Å². The van der Waals surface area contributed by atoms with Crippen LogP contribution in [0.1, 0.15) is 47.7 Å². The Morgan fingerprint density at radius 2 is 2.04 bits per heavy atom. The van der Waals surface area contributed by atoms with E-state index < -0.39 is 0 Å². The second-order valence-electron chi connectivity index (χ2n) is 7.48. The number of piperidine rings is 1. The van der Waals surface area contributed by atoms with Gasteiger partial charge in [0.15, 0.2) is 0 Å². The third-order valence-corrected chi connectivity index (χ3v) is 6.06. The highest BCUT2D eigenvalue weighted by Crippen LogP contribution is 2.41. The summed E-state index contributed by atoms with van der Waals surface area (Å²) in [6.45, 7) is 3.29. The van der Waals surface area contributed by atoms with Crippen LogP contribution in [0, 0.1) is 5.41 Å². The zero-order chi connectivity index (χ0) is 18.0. The molecule has 26 heavy (non-hydrogen) atoms. The van der Waals surface area contributed by atoms with Crippen LogP contribution in [0.2, 0.25) is 0 Å². The predicted molar refractivity (Wildman–Crippen MR) is 94.8 cm³/mol. The molecule has 4 heterocycles. The SMILES string of the molecule is COCCc1nnc2n1CCC1(CC2)CCN(C(=O)c2ccoc2)CC1. The highest BCUT2D eigenvalue weighted by atomic mass is 16.5. The van der Waals surface area contributed by atoms with Gasteiger partial charge in [0.1, 0.15) is 17.9 Å². The minimum atomic E-state index is 0.0844. The Hall–Kier alpha value is -2.15. The molecule has 1 fully saturated rings. The molecule has 0 atom stereocenters. The number of hydrogen-bond donors (Lipinski definition) is 0. The summed E-state index contributed by atoms with van der Waals surface area (Å²) in [5.41, 5.74) is 0.961. The lowest BCUT2D eigenvalue weighted by Crippen LogP contribution is -2.43. The molecule has 2 aliphatic rings. The van der Waals surface area contributed by atoms with E-state index in [1.54, 1.807) is 19.4 Å². The number of nitrogens with zero attached hydrogens (tertiary/aromatic N) is 4. The van der Waals surface area contributed by atoms with Crippen molar-refractivity contribution < 1.29 is 13.9 Å². The Balaban J connectivity index is 1.39. The molecular formula is C19H26N4O3. The number of hydrogen-bond acceptors (Lipinski definition) is 5. The number of rotatable bonds is 4. The molecule has 1 amide bonds. The van der Waals surface area contributed by atoms with E-state index in [1.807, 2.05) is 4.90 Å². The van der Waals surface area contributed by atoms with E-state index in [4.69, 9.17) is 9.15 Å². The summed E-state index contributed by atoms with van der Waals surface area (Å²) in [5, 5.41) is 8.75. The van der Waals surface area contributed by atoms with Gasteiger partial charge in [0.25, 0.3) is 5.91 Å². The molecule has 0 saturated carbocycles. The van der Waals surface area contributed by atoms with Gasteiger partial charge in [-0.2, -0.15) is 0 Å². The van der Waals surface area contributed by atoms with Gasteiger partial charge in [0, 0.05) is 39.6 Å². The van der Waals surface area contributed by atoms with Crippen molar-refractivity contribution in [3.05, 3.63) is 35.8 Å². The fourth-order valence-corrected chi connectivity index (χ4v) is 4.30. The molecule has 0 N–H and O–H groups in total. The van der Waals surface area contributed by atoms with Gasteiger partial charge in [-0.1, -0.05) is 0 Å². The van der Waals surface area contributed by atoms with Crippen LogP contribution in [0.4, 0.5) is 0 Å². The van der Waals surface area contributed by atoms with Crippen molar-refractivity contribution >= 4 is 5.91 Å². The zero-order valence-electron chi connectivity index (χ0n) is 15.3. The van der Waals surface area contributed by atoms with E-state index in [1.165, 1.54) is 6.26 Å². The molecule has 0 aromatic carbocycles. The molecular weight excluding hydrogens is 332 g/mol. The first-order valence-electron chi connectivity index (χ1n) is 9.42. The van der Waals surface area contributed by atoms with E-state index in [9.17, 15) is 4.79 Å². The first-order chi connectivity index (χ1) is 12.7. The molecule has 0 bridgehead atoms. The number of carbonyl (C=O) groups is 1. The van der Waals surface area contributed by atoms with Crippen molar-refractivity contribution in [2.45, 2.75) is 45.1 Å². The number of aryl methyl sites for hydroxylation is 1. The molecule has 7 heteroatoms. The summed E-state index contributed by atoms with van der Waals surface area (Å²) >= 11 is 0. The van der Waals surface area contributed by atoms with E-state index in [0.29, 0.717) is 17.6 Å². The van der Waals surface area contributed by atoms with Crippen molar-refractivity contribution in [2.75, 3.05) is 26.8 Å². The number of aromatic nitrogens is 3. The second-order valence-corrected chi connectivity index (χ2v) is 7.48. The lowest BCUT2D eigenvalue weighted by atomic mass is 9.72.